The molecule has 0 atom stereocenters. The first-order valence-corrected chi connectivity index (χ1v) is 8.16. The zero-order valence-electron chi connectivity index (χ0n) is 13.4. The molecular formula is C19H22N2O2. The fourth-order valence-corrected chi connectivity index (χ4v) is 2.90. The molecule has 0 saturated carbocycles. The molecule has 2 aromatic carbocycles. The van der Waals surface area contributed by atoms with Gasteiger partial charge in [0.15, 0.2) is 0 Å². The Morgan fingerprint density at radius 3 is 2.48 bits per heavy atom. The first kappa shape index (κ1) is 15.4. The van der Waals surface area contributed by atoms with E-state index in [1.165, 1.54) is 12.8 Å². The lowest BCUT2D eigenvalue weighted by Crippen LogP contribution is -2.22. The van der Waals surface area contributed by atoms with Crippen molar-refractivity contribution in [1.82, 2.24) is 0 Å². The summed E-state index contributed by atoms with van der Waals surface area (Å²) in [5, 5.41) is 2.97. The summed E-state index contributed by atoms with van der Waals surface area (Å²) in [5.74, 6) is 0.736. The number of hydrogen-bond donors (Lipinski definition) is 1. The van der Waals surface area contributed by atoms with Crippen molar-refractivity contribution in [2.75, 3.05) is 29.9 Å². The van der Waals surface area contributed by atoms with Crippen molar-refractivity contribution in [1.29, 1.82) is 0 Å². The Morgan fingerprint density at radius 1 is 1.09 bits per heavy atom. The predicted molar refractivity (Wildman–Crippen MR) is 93.5 cm³/mol. The molecule has 120 valence electrons. The molecule has 0 unspecified atom stereocenters. The average molecular weight is 310 g/mol. The van der Waals surface area contributed by atoms with E-state index in [-0.39, 0.29) is 5.91 Å². The topological polar surface area (TPSA) is 41.6 Å². The summed E-state index contributed by atoms with van der Waals surface area (Å²) in [6, 6.07) is 15.3. The lowest BCUT2D eigenvalue weighted by atomic mass is 10.1. The van der Waals surface area contributed by atoms with Crippen LogP contribution in [0.4, 0.5) is 11.4 Å². The number of anilines is 2. The fourth-order valence-electron chi connectivity index (χ4n) is 2.90. The molecule has 0 aliphatic carbocycles. The number of carbonyl (C=O) groups is 1. The molecule has 1 heterocycles. The normalized spacial score (nSPS) is 13.9. The quantitative estimate of drug-likeness (QED) is 0.909. The number of amides is 1. The highest BCUT2D eigenvalue weighted by Crippen LogP contribution is 2.25. The first-order valence-electron chi connectivity index (χ1n) is 8.16. The SMILES string of the molecule is CCOc1ccc(NC(=O)c2ccccc2N2CCCC2)cc1. The molecule has 1 aliphatic rings. The standard InChI is InChI=1S/C19H22N2O2/c1-2-23-16-11-9-15(10-12-16)20-19(22)17-7-3-4-8-18(17)21-13-5-6-14-21/h3-4,7-12H,2,5-6,13-14H2,1H3,(H,20,22). The molecule has 1 fully saturated rings. The van der Waals surface area contributed by atoms with Crippen molar-refractivity contribution in [3.63, 3.8) is 0 Å². The highest BCUT2D eigenvalue weighted by atomic mass is 16.5. The Bertz CT molecular complexity index is 661. The highest BCUT2D eigenvalue weighted by molar-refractivity contribution is 6.08. The minimum atomic E-state index is -0.0725. The summed E-state index contributed by atoms with van der Waals surface area (Å²) in [5.41, 5.74) is 2.52. The summed E-state index contributed by atoms with van der Waals surface area (Å²) in [6.45, 7) is 4.63. The molecule has 0 spiro atoms. The molecule has 23 heavy (non-hydrogen) atoms. The molecule has 1 N–H and O–H groups in total. The van der Waals surface area contributed by atoms with E-state index in [0.717, 1.165) is 35.8 Å². The van der Waals surface area contributed by atoms with Gasteiger partial charge in [-0.2, -0.15) is 0 Å². The van der Waals surface area contributed by atoms with Gasteiger partial charge >= 0.3 is 0 Å². The third kappa shape index (κ3) is 3.65. The van der Waals surface area contributed by atoms with Gasteiger partial charge in [0, 0.05) is 24.5 Å². The van der Waals surface area contributed by atoms with Gasteiger partial charge < -0.3 is 15.0 Å². The van der Waals surface area contributed by atoms with Crippen LogP contribution in [0.15, 0.2) is 48.5 Å². The lowest BCUT2D eigenvalue weighted by molar-refractivity contribution is 0.102. The predicted octanol–water partition coefficient (Wildman–Crippen LogP) is 3.94. The number of rotatable bonds is 5. The smallest absolute Gasteiger partial charge is 0.257 e. The maximum absolute atomic E-state index is 12.6. The van der Waals surface area contributed by atoms with Crippen LogP contribution in [-0.2, 0) is 0 Å². The number of ether oxygens (including phenoxy) is 1. The summed E-state index contributed by atoms with van der Waals surface area (Å²) >= 11 is 0. The van der Waals surface area contributed by atoms with Crippen LogP contribution in [0.2, 0.25) is 0 Å². The monoisotopic (exact) mass is 310 g/mol. The number of para-hydroxylation sites is 1. The Labute approximate surface area is 137 Å². The van der Waals surface area contributed by atoms with Gasteiger partial charge in [0.2, 0.25) is 0 Å². The number of benzene rings is 2. The van der Waals surface area contributed by atoms with Gasteiger partial charge in [0.1, 0.15) is 5.75 Å². The largest absolute Gasteiger partial charge is 0.494 e. The van der Waals surface area contributed by atoms with Crippen LogP contribution in [0.1, 0.15) is 30.1 Å². The fraction of sp³-hybridized carbons (Fsp3) is 0.316. The number of hydrogen-bond acceptors (Lipinski definition) is 3. The Balaban J connectivity index is 1.75. The number of nitrogens with zero attached hydrogens (tertiary/aromatic N) is 1. The maximum atomic E-state index is 12.6. The van der Waals surface area contributed by atoms with Crippen LogP contribution < -0.4 is 15.0 Å². The van der Waals surface area contributed by atoms with Crippen LogP contribution in [0.25, 0.3) is 0 Å². The van der Waals surface area contributed by atoms with Crippen LogP contribution >= 0.6 is 0 Å². The summed E-state index contributed by atoms with van der Waals surface area (Å²) < 4.78 is 5.42. The van der Waals surface area contributed by atoms with Gasteiger partial charge in [-0.05, 0) is 56.2 Å². The summed E-state index contributed by atoms with van der Waals surface area (Å²) in [6.07, 6.45) is 2.38. The van der Waals surface area contributed by atoms with Gasteiger partial charge in [-0.15, -0.1) is 0 Å². The zero-order valence-corrected chi connectivity index (χ0v) is 13.4. The van der Waals surface area contributed by atoms with E-state index in [9.17, 15) is 4.79 Å². The Hall–Kier alpha value is -2.49. The van der Waals surface area contributed by atoms with Gasteiger partial charge in [0.25, 0.3) is 5.91 Å². The zero-order chi connectivity index (χ0) is 16.1. The van der Waals surface area contributed by atoms with Crippen LogP contribution in [0.5, 0.6) is 5.75 Å². The first-order chi connectivity index (χ1) is 11.3. The van der Waals surface area contributed by atoms with Crippen molar-refractivity contribution < 1.29 is 9.53 Å². The molecule has 4 nitrogen and oxygen atoms in total. The summed E-state index contributed by atoms with van der Waals surface area (Å²) in [7, 11) is 0. The van der Waals surface area contributed by atoms with Crippen molar-refractivity contribution in [2.24, 2.45) is 0 Å². The van der Waals surface area contributed by atoms with Crippen molar-refractivity contribution in [3.05, 3.63) is 54.1 Å². The molecule has 1 amide bonds. The minimum absolute atomic E-state index is 0.0725. The molecule has 0 bridgehead atoms. The van der Waals surface area contributed by atoms with Crippen molar-refractivity contribution in [2.45, 2.75) is 19.8 Å². The van der Waals surface area contributed by atoms with Crippen molar-refractivity contribution >= 4 is 17.3 Å². The highest BCUT2D eigenvalue weighted by Gasteiger charge is 2.19. The van der Waals surface area contributed by atoms with Gasteiger partial charge in [-0.3, -0.25) is 4.79 Å². The van der Waals surface area contributed by atoms with Crippen LogP contribution in [-0.4, -0.2) is 25.6 Å². The number of nitrogens with one attached hydrogen (secondary N) is 1. The number of carbonyl (C=O) groups excluding carboxylic acids is 1. The van der Waals surface area contributed by atoms with E-state index in [1.54, 1.807) is 0 Å². The van der Waals surface area contributed by atoms with E-state index in [4.69, 9.17) is 4.74 Å². The molecule has 0 radical (unpaired) electrons. The molecule has 1 aliphatic heterocycles. The molecule has 0 aromatic heterocycles. The Morgan fingerprint density at radius 2 is 1.78 bits per heavy atom. The molecule has 1 saturated heterocycles. The molecule has 3 rings (SSSR count). The van der Waals surface area contributed by atoms with E-state index in [1.807, 2.05) is 55.5 Å². The third-order valence-corrected chi connectivity index (χ3v) is 4.02. The second-order valence-corrected chi connectivity index (χ2v) is 5.62. The molecular weight excluding hydrogens is 288 g/mol. The van der Waals surface area contributed by atoms with E-state index < -0.39 is 0 Å². The average Bonchev–Trinajstić information content (AvgIpc) is 3.11. The van der Waals surface area contributed by atoms with Gasteiger partial charge in [-0.25, -0.2) is 0 Å². The molecule has 2 aromatic rings. The van der Waals surface area contributed by atoms with Gasteiger partial charge in [0.05, 0.1) is 12.2 Å². The summed E-state index contributed by atoms with van der Waals surface area (Å²) in [4.78, 5) is 14.9. The second kappa shape index (κ2) is 7.18. The van der Waals surface area contributed by atoms with Crippen LogP contribution in [0.3, 0.4) is 0 Å². The maximum Gasteiger partial charge on any atom is 0.257 e. The van der Waals surface area contributed by atoms with Crippen LogP contribution in [0, 0.1) is 0 Å². The van der Waals surface area contributed by atoms with E-state index in [0.29, 0.717) is 6.61 Å². The van der Waals surface area contributed by atoms with Crippen molar-refractivity contribution in [3.8, 4) is 5.75 Å². The van der Waals surface area contributed by atoms with E-state index >= 15 is 0 Å². The van der Waals surface area contributed by atoms with E-state index in [2.05, 4.69) is 10.2 Å². The minimum Gasteiger partial charge on any atom is -0.494 e. The lowest BCUT2D eigenvalue weighted by Gasteiger charge is -2.20. The molecule has 4 heteroatoms. The third-order valence-electron chi connectivity index (χ3n) is 4.02. The second-order valence-electron chi connectivity index (χ2n) is 5.62. The van der Waals surface area contributed by atoms with Gasteiger partial charge in [-0.1, -0.05) is 12.1 Å². The Kier molecular flexibility index (Phi) is 4.81.